The molecule has 0 fully saturated rings. The molecule has 2 rings (SSSR count). The Morgan fingerprint density at radius 1 is 1.23 bits per heavy atom. The first-order chi connectivity index (χ1) is 10.5. The molecule has 0 aliphatic carbocycles. The van der Waals surface area contributed by atoms with E-state index < -0.39 is 0 Å². The van der Waals surface area contributed by atoms with E-state index in [0.717, 1.165) is 0 Å². The van der Waals surface area contributed by atoms with Crippen LogP contribution < -0.4 is 16.4 Å². The molecule has 0 radical (unpaired) electrons. The van der Waals surface area contributed by atoms with E-state index in [9.17, 15) is 9.59 Å². The molecule has 0 aliphatic heterocycles. The summed E-state index contributed by atoms with van der Waals surface area (Å²) in [5, 5.41) is 9.57. The molecule has 116 valence electrons. The van der Waals surface area contributed by atoms with Gasteiger partial charge >= 0.3 is 0 Å². The first kappa shape index (κ1) is 15.7. The highest BCUT2D eigenvalue weighted by Gasteiger charge is 2.16. The zero-order valence-corrected chi connectivity index (χ0v) is 12.6. The second kappa shape index (κ2) is 6.86. The molecule has 0 saturated heterocycles. The summed E-state index contributed by atoms with van der Waals surface area (Å²) in [7, 11) is 1.75. The zero-order chi connectivity index (χ0) is 16.1. The molecule has 1 aromatic heterocycles. The maximum atomic E-state index is 12.3. The number of rotatable bonds is 5. The summed E-state index contributed by atoms with van der Waals surface area (Å²) in [5.41, 5.74) is 7.32. The van der Waals surface area contributed by atoms with Crippen molar-refractivity contribution in [2.24, 2.45) is 12.8 Å². The molecule has 0 atom stereocenters. The molecule has 2 amide bonds. The van der Waals surface area contributed by atoms with Crippen molar-refractivity contribution in [3.8, 4) is 0 Å². The number of aromatic nitrogens is 2. The SMILES string of the molecule is Cc1nn(C)cc1C(=O)Nc1ccccc1C(=O)NCCN. The average molecular weight is 301 g/mol. The van der Waals surface area contributed by atoms with Gasteiger partial charge in [-0.25, -0.2) is 0 Å². The lowest BCUT2D eigenvalue weighted by molar-refractivity contribution is 0.0955. The molecular formula is C15H19N5O2. The molecule has 0 spiro atoms. The van der Waals surface area contributed by atoms with Gasteiger partial charge in [0.2, 0.25) is 0 Å². The molecular weight excluding hydrogens is 282 g/mol. The Bertz CT molecular complexity index is 693. The van der Waals surface area contributed by atoms with Gasteiger partial charge in [-0.1, -0.05) is 12.1 Å². The Kier molecular flexibility index (Phi) is 4.90. The number of aryl methyl sites for hydroxylation is 2. The highest BCUT2D eigenvalue weighted by atomic mass is 16.2. The number of carbonyl (C=O) groups is 2. The average Bonchev–Trinajstić information content (AvgIpc) is 2.84. The fraction of sp³-hybridized carbons (Fsp3) is 0.267. The molecule has 1 heterocycles. The number of para-hydroxylation sites is 1. The maximum Gasteiger partial charge on any atom is 0.259 e. The monoisotopic (exact) mass is 301 g/mol. The number of hydrogen-bond donors (Lipinski definition) is 3. The highest BCUT2D eigenvalue weighted by molar-refractivity contribution is 6.09. The van der Waals surface area contributed by atoms with Gasteiger partial charge in [0.1, 0.15) is 0 Å². The molecule has 0 bridgehead atoms. The van der Waals surface area contributed by atoms with Crippen LogP contribution in [0.5, 0.6) is 0 Å². The van der Waals surface area contributed by atoms with E-state index in [4.69, 9.17) is 5.73 Å². The Morgan fingerprint density at radius 2 is 1.95 bits per heavy atom. The Labute approximate surface area is 128 Å². The van der Waals surface area contributed by atoms with E-state index in [0.29, 0.717) is 35.6 Å². The van der Waals surface area contributed by atoms with E-state index in [1.165, 1.54) is 0 Å². The van der Waals surface area contributed by atoms with E-state index in [1.807, 2.05) is 0 Å². The van der Waals surface area contributed by atoms with Gasteiger partial charge in [0, 0.05) is 26.3 Å². The predicted octanol–water partition coefficient (Wildman–Crippen LogP) is 0.669. The molecule has 7 nitrogen and oxygen atoms in total. The van der Waals surface area contributed by atoms with Gasteiger partial charge < -0.3 is 16.4 Å². The van der Waals surface area contributed by atoms with E-state index >= 15 is 0 Å². The lowest BCUT2D eigenvalue weighted by Gasteiger charge is -2.10. The van der Waals surface area contributed by atoms with Gasteiger partial charge in [0.05, 0.1) is 22.5 Å². The van der Waals surface area contributed by atoms with Crippen LogP contribution in [0.15, 0.2) is 30.5 Å². The first-order valence-electron chi connectivity index (χ1n) is 6.92. The van der Waals surface area contributed by atoms with E-state index in [-0.39, 0.29) is 11.8 Å². The topological polar surface area (TPSA) is 102 Å². The fourth-order valence-corrected chi connectivity index (χ4v) is 2.08. The van der Waals surface area contributed by atoms with Gasteiger partial charge in [-0.2, -0.15) is 5.10 Å². The number of benzene rings is 1. The molecule has 4 N–H and O–H groups in total. The van der Waals surface area contributed by atoms with Crippen LogP contribution >= 0.6 is 0 Å². The Balaban J connectivity index is 2.21. The molecule has 1 aromatic carbocycles. The van der Waals surface area contributed by atoms with Crippen LogP contribution in [0.4, 0.5) is 5.69 Å². The molecule has 0 unspecified atom stereocenters. The number of carbonyl (C=O) groups excluding carboxylic acids is 2. The Hall–Kier alpha value is -2.67. The highest BCUT2D eigenvalue weighted by Crippen LogP contribution is 2.17. The lowest BCUT2D eigenvalue weighted by Crippen LogP contribution is -2.30. The van der Waals surface area contributed by atoms with Crippen molar-refractivity contribution in [3.05, 3.63) is 47.3 Å². The van der Waals surface area contributed by atoms with Gasteiger partial charge in [0.25, 0.3) is 11.8 Å². The molecule has 0 aliphatic rings. The Morgan fingerprint density at radius 3 is 2.59 bits per heavy atom. The quantitative estimate of drug-likeness (QED) is 0.755. The molecule has 2 aromatic rings. The standard InChI is InChI=1S/C15H19N5O2/c1-10-12(9-20(2)19-10)15(22)18-13-6-4-3-5-11(13)14(21)17-8-7-16/h3-6,9H,7-8,16H2,1-2H3,(H,17,21)(H,18,22). The normalized spacial score (nSPS) is 10.3. The van der Waals surface area contributed by atoms with Gasteiger partial charge in [0.15, 0.2) is 0 Å². The van der Waals surface area contributed by atoms with Crippen molar-refractivity contribution in [3.63, 3.8) is 0 Å². The summed E-state index contributed by atoms with van der Waals surface area (Å²) in [6, 6.07) is 6.83. The van der Waals surface area contributed by atoms with Crippen molar-refractivity contribution in [2.75, 3.05) is 18.4 Å². The second-order valence-electron chi connectivity index (χ2n) is 4.85. The third-order valence-electron chi connectivity index (χ3n) is 3.11. The number of nitrogens with zero attached hydrogens (tertiary/aromatic N) is 2. The van der Waals surface area contributed by atoms with Crippen molar-refractivity contribution in [2.45, 2.75) is 6.92 Å². The van der Waals surface area contributed by atoms with Crippen LogP contribution in [0.1, 0.15) is 26.4 Å². The number of anilines is 1. The smallest absolute Gasteiger partial charge is 0.259 e. The summed E-state index contributed by atoms with van der Waals surface area (Å²) < 4.78 is 1.57. The molecule has 7 heteroatoms. The largest absolute Gasteiger partial charge is 0.351 e. The van der Waals surface area contributed by atoms with Crippen LogP contribution in [0.2, 0.25) is 0 Å². The zero-order valence-electron chi connectivity index (χ0n) is 12.6. The summed E-state index contributed by atoms with van der Waals surface area (Å²) in [5.74, 6) is -0.575. The van der Waals surface area contributed by atoms with Crippen LogP contribution in [-0.4, -0.2) is 34.7 Å². The maximum absolute atomic E-state index is 12.3. The number of hydrogen-bond acceptors (Lipinski definition) is 4. The van der Waals surface area contributed by atoms with Crippen LogP contribution in [0.25, 0.3) is 0 Å². The van der Waals surface area contributed by atoms with Gasteiger partial charge in [-0.15, -0.1) is 0 Å². The second-order valence-corrected chi connectivity index (χ2v) is 4.85. The van der Waals surface area contributed by atoms with Gasteiger partial charge in [-0.3, -0.25) is 14.3 Å². The van der Waals surface area contributed by atoms with Gasteiger partial charge in [-0.05, 0) is 19.1 Å². The first-order valence-corrected chi connectivity index (χ1v) is 6.92. The fourth-order valence-electron chi connectivity index (χ4n) is 2.08. The molecule has 22 heavy (non-hydrogen) atoms. The van der Waals surface area contributed by atoms with E-state index in [1.54, 1.807) is 49.1 Å². The third-order valence-corrected chi connectivity index (χ3v) is 3.11. The van der Waals surface area contributed by atoms with Crippen LogP contribution in [-0.2, 0) is 7.05 Å². The lowest BCUT2D eigenvalue weighted by atomic mass is 10.1. The summed E-state index contributed by atoms with van der Waals surface area (Å²) in [4.78, 5) is 24.4. The number of nitrogens with one attached hydrogen (secondary N) is 2. The summed E-state index contributed by atoms with van der Waals surface area (Å²) in [6.45, 7) is 2.49. The number of nitrogens with two attached hydrogens (primary N) is 1. The minimum absolute atomic E-state index is 0.274. The van der Waals surface area contributed by atoms with Crippen molar-refractivity contribution in [1.82, 2.24) is 15.1 Å². The van der Waals surface area contributed by atoms with Crippen molar-refractivity contribution in [1.29, 1.82) is 0 Å². The van der Waals surface area contributed by atoms with Crippen LogP contribution in [0, 0.1) is 6.92 Å². The van der Waals surface area contributed by atoms with E-state index in [2.05, 4.69) is 15.7 Å². The third kappa shape index (κ3) is 3.50. The van der Waals surface area contributed by atoms with Crippen molar-refractivity contribution >= 4 is 17.5 Å². The minimum atomic E-state index is -0.301. The summed E-state index contributed by atoms with van der Waals surface area (Å²) >= 11 is 0. The van der Waals surface area contributed by atoms with Crippen LogP contribution in [0.3, 0.4) is 0 Å². The number of amides is 2. The summed E-state index contributed by atoms with van der Waals surface area (Å²) in [6.07, 6.45) is 1.64. The predicted molar refractivity (Wildman–Crippen MR) is 83.7 cm³/mol. The van der Waals surface area contributed by atoms with Crippen molar-refractivity contribution < 1.29 is 9.59 Å². The molecule has 0 saturated carbocycles. The minimum Gasteiger partial charge on any atom is -0.351 e.